The van der Waals surface area contributed by atoms with Crippen LogP contribution in [0.5, 0.6) is 0 Å². The maximum Gasteiger partial charge on any atom is 0 e. The maximum atomic E-state index is 0. The molecule has 6 nitrogen and oxygen atoms in total. The summed E-state index contributed by atoms with van der Waals surface area (Å²) in [5, 5.41) is 0. The Labute approximate surface area is 64.1 Å². The molecule has 0 atom stereocenters. The Morgan fingerprint density at radius 1 is 0.286 bits per heavy atom. The number of hydrogen-bond donors (Lipinski definition) is 0. The van der Waals surface area contributed by atoms with Gasteiger partial charge in [0.1, 0.15) is 0 Å². The van der Waals surface area contributed by atoms with E-state index in [2.05, 4.69) is 0 Å². The molecule has 0 aromatic rings. The Balaban J connectivity index is 0. The molecule has 7 heteroatoms. The standard InChI is InChI=1S/6H2O.U/h6*1H2;. The molecule has 0 saturated carbocycles. The number of rotatable bonds is 0. The predicted molar refractivity (Wildman–Crippen MR) is 21.7 cm³/mol. The van der Waals surface area contributed by atoms with Gasteiger partial charge in [-0.1, -0.05) is 0 Å². The molecular weight excluding hydrogens is 334 g/mol. The van der Waals surface area contributed by atoms with Crippen molar-refractivity contribution in [3.63, 3.8) is 0 Å². The molecule has 0 aliphatic heterocycles. The minimum absolute atomic E-state index is 0. The second-order valence-electron chi connectivity index (χ2n) is 0. The van der Waals surface area contributed by atoms with Crippen LogP contribution >= 0.6 is 0 Å². The van der Waals surface area contributed by atoms with Gasteiger partial charge in [-0.05, 0) is 0 Å². The van der Waals surface area contributed by atoms with Crippen molar-refractivity contribution >= 4 is 0 Å². The van der Waals surface area contributed by atoms with Gasteiger partial charge in [-0.25, -0.2) is 0 Å². The van der Waals surface area contributed by atoms with Gasteiger partial charge in [-0.2, -0.15) is 0 Å². The summed E-state index contributed by atoms with van der Waals surface area (Å²) in [7, 11) is 0. The van der Waals surface area contributed by atoms with Gasteiger partial charge in [0, 0.05) is 31.1 Å². The van der Waals surface area contributed by atoms with E-state index in [1.807, 2.05) is 0 Å². The quantitative estimate of drug-likeness (QED) is 0.406. The van der Waals surface area contributed by atoms with Crippen LogP contribution in [0.15, 0.2) is 0 Å². The molecule has 12 N–H and O–H groups in total. The van der Waals surface area contributed by atoms with E-state index in [1.54, 1.807) is 0 Å². The van der Waals surface area contributed by atoms with Gasteiger partial charge in [0.2, 0.25) is 0 Å². The molecule has 52 valence electrons. The molecule has 0 saturated heterocycles. The van der Waals surface area contributed by atoms with E-state index in [9.17, 15) is 0 Å². The molecule has 0 rings (SSSR count). The minimum Gasteiger partial charge on any atom is -0.412 e. The Kier molecular flexibility index (Phi) is 27400. The molecule has 0 unspecified atom stereocenters. The zero-order valence-corrected chi connectivity index (χ0v) is 7.66. The van der Waals surface area contributed by atoms with E-state index in [0.29, 0.717) is 0 Å². The maximum absolute atomic E-state index is 0. The van der Waals surface area contributed by atoms with Crippen LogP contribution in [0, 0.1) is 31.1 Å². The first-order valence-electron chi connectivity index (χ1n) is 0. The van der Waals surface area contributed by atoms with E-state index in [1.165, 1.54) is 0 Å². The average molecular weight is 346 g/mol. The van der Waals surface area contributed by atoms with Gasteiger partial charge in [-0.15, -0.1) is 0 Å². The average Bonchev–Trinajstić information content (AvgIpc) is 0. The molecule has 0 spiro atoms. The molecule has 0 aliphatic rings. The van der Waals surface area contributed by atoms with Crippen LogP contribution in [0.4, 0.5) is 0 Å². The van der Waals surface area contributed by atoms with Gasteiger partial charge in [0.25, 0.3) is 0 Å². The van der Waals surface area contributed by atoms with Crippen LogP contribution in [0.2, 0.25) is 0 Å². The molecule has 0 heterocycles. The first-order valence-corrected chi connectivity index (χ1v) is 0. The fraction of sp³-hybridized carbons (Fsp3) is 0. The summed E-state index contributed by atoms with van der Waals surface area (Å²) >= 11 is 0. The van der Waals surface area contributed by atoms with Crippen LogP contribution in [0.1, 0.15) is 0 Å². The fourth-order valence-corrected chi connectivity index (χ4v) is 0. The smallest absolute Gasteiger partial charge is 0 e. The molecule has 0 aromatic carbocycles. The zero-order chi connectivity index (χ0) is 0. The summed E-state index contributed by atoms with van der Waals surface area (Å²) in [6, 6.07) is 0. The summed E-state index contributed by atoms with van der Waals surface area (Å²) < 4.78 is 0. The van der Waals surface area contributed by atoms with Crippen LogP contribution in [0.25, 0.3) is 0 Å². The topological polar surface area (TPSA) is 189 Å². The molecule has 0 fully saturated rings. The monoisotopic (exact) mass is 346 g/mol. The van der Waals surface area contributed by atoms with E-state index in [0.717, 1.165) is 0 Å². The van der Waals surface area contributed by atoms with Crippen molar-refractivity contribution in [2.45, 2.75) is 0 Å². The summed E-state index contributed by atoms with van der Waals surface area (Å²) in [4.78, 5) is 0. The van der Waals surface area contributed by atoms with E-state index < -0.39 is 0 Å². The Hall–Kier alpha value is 0.812. The molecule has 0 aliphatic carbocycles. The normalized spacial score (nSPS) is 0. The number of hydrogen-bond acceptors (Lipinski definition) is 0. The Morgan fingerprint density at radius 2 is 0.286 bits per heavy atom. The van der Waals surface area contributed by atoms with E-state index >= 15 is 0 Å². The largest absolute Gasteiger partial charge is 0.412 e. The predicted octanol–water partition coefficient (Wildman–Crippen LogP) is -4.95. The third kappa shape index (κ3) is 239. The van der Waals surface area contributed by atoms with Crippen molar-refractivity contribution in [1.29, 1.82) is 0 Å². The Morgan fingerprint density at radius 3 is 0.286 bits per heavy atom. The van der Waals surface area contributed by atoms with Crippen molar-refractivity contribution in [2.75, 3.05) is 0 Å². The van der Waals surface area contributed by atoms with Gasteiger partial charge >= 0.3 is 0 Å². The van der Waals surface area contributed by atoms with Crippen molar-refractivity contribution < 1.29 is 64.0 Å². The van der Waals surface area contributed by atoms with Gasteiger partial charge in [0.05, 0.1) is 0 Å². The fourth-order valence-electron chi connectivity index (χ4n) is 0. The second-order valence-corrected chi connectivity index (χ2v) is 0. The van der Waals surface area contributed by atoms with Crippen molar-refractivity contribution in [2.24, 2.45) is 0 Å². The summed E-state index contributed by atoms with van der Waals surface area (Å²) in [6.45, 7) is 0. The van der Waals surface area contributed by atoms with Crippen molar-refractivity contribution in [1.82, 2.24) is 0 Å². The van der Waals surface area contributed by atoms with Crippen LogP contribution in [-0.4, -0.2) is 32.9 Å². The van der Waals surface area contributed by atoms with Crippen molar-refractivity contribution in [3.8, 4) is 0 Å². The molecular formula is H12O6U. The first-order chi connectivity index (χ1) is 0. The second kappa shape index (κ2) is 349. The molecule has 7 heavy (non-hydrogen) atoms. The van der Waals surface area contributed by atoms with Gasteiger partial charge in [-0.3, -0.25) is 0 Å². The molecule has 0 amide bonds. The van der Waals surface area contributed by atoms with Crippen LogP contribution in [-0.2, 0) is 0 Å². The summed E-state index contributed by atoms with van der Waals surface area (Å²) in [6.07, 6.45) is 0. The van der Waals surface area contributed by atoms with Gasteiger partial charge < -0.3 is 32.9 Å². The SMILES string of the molecule is O.O.O.O.O.O.[U]. The van der Waals surface area contributed by atoms with Gasteiger partial charge in [0.15, 0.2) is 0 Å². The first kappa shape index (κ1) is 550. The van der Waals surface area contributed by atoms with Crippen LogP contribution < -0.4 is 0 Å². The Bertz CT molecular complexity index is 4.14. The summed E-state index contributed by atoms with van der Waals surface area (Å²) in [5.74, 6) is 0. The third-order valence-electron chi connectivity index (χ3n) is 0. The molecule has 0 bridgehead atoms. The summed E-state index contributed by atoms with van der Waals surface area (Å²) in [5.41, 5.74) is 0. The zero-order valence-electron chi connectivity index (χ0n) is 3.50. The van der Waals surface area contributed by atoms with E-state index in [4.69, 9.17) is 0 Å². The molecule has 0 radical (unpaired) electrons. The van der Waals surface area contributed by atoms with Crippen molar-refractivity contribution in [3.05, 3.63) is 0 Å². The molecule has 0 aromatic heterocycles. The van der Waals surface area contributed by atoms with Crippen LogP contribution in [0.3, 0.4) is 0 Å². The minimum atomic E-state index is 0. The van der Waals surface area contributed by atoms with E-state index in [-0.39, 0.29) is 64.0 Å². The third-order valence-corrected chi connectivity index (χ3v) is 0.